The Hall–Kier alpha value is -0.150. The molecule has 0 saturated heterocycles. The van der Waals surface area contributed by atoms with Crippen LogP contribution in [0.2, 0.25) is 0 Å². The second-order valence-corrected chi connectivity index (χ2v) is 4.09. The molecule has 0 bridgehead atoms. The number of halogens is 1. The summed E-state index contributed by atoms with van der Waals surface area (Å²) >= 11 is 3.30. The molecule has 0 aliphatic rings. The maximum Gasteiger partial charge on any atom is 0.0527 e. The summed E-state index contributed by atoms with van der Waals surface area (Å²) in [6.07, 6.45) is 1.67. The van der Waals surface area contributed by atoms with Gasteiger partial charge in [0.2, 0.25) is 0 Å². The van der Waals surface area contributed by atoms with Crippen molar-refractivity contribution in [3.63, 3.8) is 0 Å². The molecule has 54 valence electrons. The minimum Gasteiger partial charge on any atom is -0.255 e. The fourth-order valence-corrected chi connectivity index (χ4v) is 2.26. The van der Waals surface area contributed by atoms with Crippen LogP contribution in [0, 0.1) is 0 Å². The van der Waals surface area contributed by atoms with E-state index in [0.717, 1.165) is 9.37 Å². The van der Waals surface area contributed by atoms with E-state index >= 15 is 0 Å². The molecule has 0 radical (unpaired) electrons. The highest BCUT2D eigenvalue weighted by atomic mass is 79.9. The second-order valence-electron chi connectivity index (χ2n) is 1.88. The third-order valence-electron chi connectivity index (χ3n) is 1.15. The molecule has 0 aliphatic carbocycles. The van der Waals surface area contributed by atoms with Crippen LogP contribution in [0.3, 0.4) is 0 Å². The molecule has 0 aromatic heterocycles. The maximum absolute atomic E-state index is 10.9. The van der Waals surface area contributed by atoms with Gasteiger partial charge in [-0.25, -0.2) is 0 Å². The van der Waals surface area contributed by atoms with E-state index in [0.29, 0.717) is 0 Å². The molecule has 1 nitrogen and oxygen atoms in total. The number of benzene rings is 1. The molecule has 0 unspecified atom stereocenters. The van der Waals surface area contributed by atoms with Crippen molar-refractivity contribution in [2.24, 2.45) is 0 Å². The average Bonchev–Trinajstić information content (AvgIpc) is 1.88. The quantitative estimate of drug-likeness (QED) is 0.707. The van der Waals surface area contributed by atoms with Gasteiger partial charge in [-0.05, 0) is 28.1 Å². The summed E-state index contributed by atoms with van der Waals surface area (Å²) in [4.78, 5) is 0.850. The van der Waals surface area contributed by atoms with Gasteiger partial charge in [-0.2, -0.15) is 0 Å². The van der Waals surface area contributed by atoms with Crippen molar-refractivity contribution in [2.75, 3.05) is 6.26 Å². The van der Waals surface area contributed by atoms with E-state index in [-0.39, 0.29) is 0 Å². The zero-order valence-corrected chi connectivity index (χ0v) is 7.91. The zero-order valence-electron chi connectivity index (χ0n) is 5.50. The van der Waals surface area contributed by atoms with Crippen molar-refractivity contribution in [2.45, 2.75) is 4.90 Å². The Labute approximate surface area is 71.0 Å². The van der Waals surface area contributed by atoms with Gasteiger partial charge in [0.25, 0.3) is 0 Å². The lowest BCUT2D eigenvalue weighted by Gasteiger charge is -1.96. The molecule has 0 N–H and O–H groups in total. The summed E-state index contributed by atoms with van der Waals surface area (Å²) in [7, 11) is -0.887. The molecule has 3 heteroatoms. The first kappa shape index (κ1) is 7.95. The molecule has 10 heavy (non-hydrogen) atoms. The van der Waals surface area contributed by atoms with Crippen LogP contribution in [0.1, 0.15) is 0 Å². The number of hydrogen-bond donors (Lipinski definition) is 0. The third-order valence-corrected chi connectivity index (χ3v) is 3.08. The largest absolute Gasteiger partial charge is 0.255 e. The highest BCUT2D eigenvalue weighted by Gasteiger charge is 1.99. The fraction of sp³-hybridized carbons (Fsp3) is 0.143. The molecule has 1 aromatic carbocycles. The van der Waals surface area contributed by atoms with Crippen LogP contribution < -0.4 is 0 Å². The van der Waals surface area contributed by atoms with Gasteiger partial charge in [0.05, 0.1) is 15.7 Å². The fourth-order valence-electron chi connectivity index (χ4n) is 0.678. The van der Waals surface area contributed by atoms with E-state index in [9.17, 15) is 4.21 Å². The molecular formula is C7H7BrOS. The van der Waals surface area contributed by atoms with Crippen molar-refractivity contribution in [3.05, 3.63) is 28.7 Å². The van der Waals surface area contributed by atoms with E-state index in [1.54, 1.807) is 6.26 Å². The van der Waals surface area contributed by atoms with Crippen molar-refractivity contribution in [3.8, 4) is 0 Å². The molecule has 0 saturated carbocycles. The SMILES string of the molecule is C[S@](=O)c1ccccc1Br. The Bertz CT molecular complexity index is 260. The summed E-state index contributed by atoms with van der Waals surface area (Å²) in [6, 6.07) is 7.51. The third kappa shape index (κ3) is 1.67. The van der Waals surface area contributed by atoms with Crippen LogP contribution in [0.15, 0.2) is 33.6 Å². The molecule has 0 aliphatic heterocycles. The standard InChI is InChI=1S/C7H7BrOS/c1-10(9)7-5-3-2-4-6(7)8/h2-5H,1H3/t10-/m0/s1. The van der Waals surface area contributed by atoms with E-state index in [4.69, 9.17) is 0 Å². The zero-order chi connectivity index (χ0) is 7.56. The molecule has 0 spiro atoms. The van der Waals surface area contributed by atoms with Crippen LogP contribution in [-0.2, 0) is 10.8 Å². The van der Waals surface area contributed by atoms with E-state index in [2.05, 4.69) is 15.9 Å². The monoisotopic (exact) mass is 218 g/mol. The van der Waals surface area contributed by atoms with Crippen molar-refractivity contribution in [1.29, 1.82) is 0 Å². The highest BCUT2D eigenvalue weighted by Crippen LogP contribution is 2.18. The second kappa shape index (κ2) is 3.30. The summed E-state index contributed by atoms with van der Waals surface area (Å²) in [5.41, 5.74) is 0. The van der Waals surface area contributed by atoms with Crippen molar-refractivity contribution < 1.29 is 4.21 Å². The molecule has 1 aromatic rings. The summed E-state index contributed by atoms with van der Waals surface area (Å²) in [5, 5.41) is 0. The van der Waals surface area contributed by atoms with Gasteiger partial charge in [0.1, 0.15) is 0 Å². The maximum atomic E-state index is 10.9. The molecule has 0 heterocycles. The Morgan fingerprint density at radius 3 is 2.40 bits per heavy atom. The lowest BCUT2D eigenvalue weighted by molar-refractivity contribution is 0.686. The van der Waals surface area contributed by atoms with Gasteiger partial charge in [-0.15, -0.1) is 0 Å². The van der Waals surface area contributed by atoms with E-state index in [1.807, 2.05) is 24.3 Å². The first-order valence-corrected chi connectivity index (χ1v) is 5.15. The summed E-state index contributed by atoms with van der Waals surface area (Å²) in [6.45, 7) is 0. The van der Waals surface area contributed by atoms with E-state index < -0.39 is 10.8 Å². The molecule has 1 atom stereocenters. The topological polar surface area (TPSA) is 17.1 Å². The van der Waals surface area contributed by atoms with Gasteiger partial charge in [0, 0.05) is 10.7 Å². The Kier molecular flexibility index (Phi) is 2.63. The van der Waals surface area contributed by atoms with E-state index in [1.165, 1.54) is 0 Å². The predicted molar refractivity (Wildman–Crippen MR) is 46.5 cm³/mol. The van der Waals surface area contributed by atoms with Gasteiger partial charge >= 0.3 is 0 Å². The molecule has 0 fully saturated rings. The predicted octanol–water partition coefficient (Wildman–Crippen LogP) is 2.19. The highest BCUT2D eigenvalue weighted by molar-refractivity contribution is 9.10. The van der Waals surface area contributed by atoms with Crippen LogP contribution in [-0.4, -0.2) is 10.5 Å². The summed E-state index contributed by atoms with van der Waals surface area (Å²) in [5.74, 6) is 0. The lowest BCUT2D eigenvalue weighted by atomic mass is 10.4. The minimum atomic E-state index is -0.887. The molecule has 1 rings (SSSR count). The van der Waals surface area contributed by atoms with Crippen LogP contribution in [0.4, 0.5) is 0 Å². The average molecular weight is 219 g/mol. The lowest BCUT2D eigenvalue weighted by Crippen LogP contribution is -1.86. The Morgan fingerprint density at radius 1 is 1.40 bits per heavy atom. The number of hydrogen-bond acceptors (Lipinski definition) is 1. The van der Waals surface area contributed by atoms with Crippen LogP contribution in [0.5, 0.6) is 0 Å². The molecule has 0 amide bonds. The Morgan fingerprint density at radius 2 is 2.00 bits per heavy atom. The minimum absolute atomic E-state index is 0.850. The normalized spacial score (nSPS) is 13.0. The first-order valence-electron chi connectivity index (χ1n) is 2.80. The summed E-state index contributed by atoms with van der Waals surface area (Å²) < 4.78 is 11.9. The van der Waals surface area contributed by atoms with Gasteiger partial charge in [0.15, 0.2) is 0 Å². The molecular weight excluding hydrogens is 212 g/mol. The number of rotatable bonds is 1. The van der Waals surface area contributed by atoms with Crippen LogP contribution in [0.25, 0.3) is 0 Å². The van der Waals surface area contributed by atoms with Crippen LogP contribution >= 0.6 is 15.9 Å². The van der Waals surface area contributed by atoms with Gasteiger partial charge in [-0.3, -0.25) is 4.21 Å². The van der Waals surface area contributed by atoms with Crippen molar-refractivity contribution >= 4 is 26.7 Å². The van der Waals surface area contributed by atoms with Gasteiger partial charge in [-0.1, -0.05) is 12.1 Å². The first-order chi connectivity index (χ1) is 4.72. The Balaban J connectivity index is 3.15. The van der Waals surface area contributed by atoms with Gasteiger partial charge < -0.3 is 0 Å². The smallest absolute Gasteiger partial charge is 0.0527 e. The van der Waals surface area contributed by atoms with Crippen molar-refractivity contribution in [1.82, 2.24) is 0 Å².